The molecule has 0 spiro atoms. The predicted octanol–water partition coefficient (Wildman–Crippen LogP) is 4.03. The second-order valence-electron chi connectivity index (χ2n) is 5.34. The molecule has 0 aliphatic heterocycles. The van der Waals surface area contributed by atoms with E-state index in [9.17, 15) is 13.5 Å². The fourth-order valence-electron chi connectivity index (χ4n) is 2.33. The van der Waals surface area contributed by atoms with Crippen molar-refractivity contribution in [3.05, 3.63) is 67.5 Å². The smallest absolute Gasteiger partial charge is 0.244 e. The number of hydrogen-bond donors (Lipinski definition) is 2. The van der Waals surface area contributed by atoms with Gasteiger partial charge in [0.15, 0.2) is 0 Å². The van der Waals surface area contributed by atoms with Crippen molar-refractivity contribution in [1.82, 2.24) is 4.72 Å². The second-order valence-corrected chi connectivity index (χ2v) is 9.69. The highest BCUT2D eigenvalue weighted by molar-refractivity contribution is 7.89. The maximum Gasteiger partial charge on any atom is 0.244 e. The summed E-state index contributed by atoms with van der Waals surface area (Å²) < 4.78 is 32.8. The van der Waals surface area contributed by atoms with Crippen LogP contribution in [-0.4, -0.2) is 20.6 Å². The van der Waals surface area contributed by atoms with Gasteiger partial charge < -0.3 is 9.84 Å². The molecule has 0 aliphatic rings. The number of methoxy groups -OCH3 is 1. The lowest BCUT2D eigenvalue weighted by Gasteiger charge is -2.10. The van der Waals surface area contributed by atoms with Crippen LogP contribution in [-0.2, 0) is 16.6 Å². The van der Waals surface area contributed by atoms with Crippen molar-refractivity contribution < 1.29 is 18.3 Å². The fraction of sp³-hybridized carbons (Fsp3) is 0.176. The molecule has 0 amide bonds. The van der Waals surface area contributed by atoms with Crippen LogP contribution in [0.5, 0.6) is 5.75 Å². The number of ether oxygens (including phenoxy) is 1. The second kappa shape index (κ2) is 8.08. The number of aliphatic hydroxyl groups excluding tert-OH is 1. The van der Waals surface area contributed by atoms with Gasteiger partial charge in [-0.15, -0.1) is 22.7 Å². The molecule has 0 fully saturated rings. The lowest BCUT2D eigenvalue weighted by atomic mass is 10.2. The Morgan fingerprint density at radius 1 is 1.23 bits per heavy atom. The first kappa shape index (κ1) is 19.3. The number of hydrogen-bond acceptors (Lipinski definition) is 6. The van der Waals surface area contributed by atoms with E-state index >= 15 is 0 Å². The molecule has 3 aromatic rings. The lowest BCUT2D eigenvalue weighted by molar-refractivity contribution is 0.228. The first-order valence-corrected chi connectivity index (χ1v) is 11.1. The molecule has 0 saturated carbocycles. The molecule has 0 saturated heterocycles. The molecule has 2 N–H and O–H groups in total. The molecule has 138 valence electrons. The molecule has 0 bridgehead atoms. The van der Waals surface area contributed by atoms with Crippen molar-refractivity contribution >= 4 is 44.3 Å². The third-order valence-electron chi connectivity index (χ3n) is 3.62. The zero-order valence-electron chi connectivity index (χ0n) is 13.7. The van der Waals surface area contributed by atoms with Gasteiger partial charge in [-0.25, -0.2) is 13.1 Å². The first-order chi connectivity index (χ1) is 12.4. The lowest BCUT2D eigenvalue weighted by Crippen LogP contribution is -2.23. The minimum absolute atomic E-state index is 0.0112. The minimum Gasteiger partial charge on any atom is -0.495 e. The van der Waals surface area contributed by atoms with Gasteiger partial charge in [-0.2, -0.15) is 0 Å². The Hall–Kier alpha value is -1.42. The molecule has 5 nitrogen and oxygen atoms in total. The number of halogens is 1. The van der Waals surface area contributed by atoms with Crippen molar-refractivity contribution in [3.63, 3.8) is 0 Å². The molecular weight excluding hydrogens is 414 g/mol. The number of benzene rings is 1. The topological polar surface area (TPSA) is 75.6 Å². The van der Waals surface area contributed by atoms with E-state index in [2.05, 4.69) is 4.72 Å². The predicted molar refractivity (Wildman–Crippen MR) is 105 cm³/mol. The number of nitrogens with one attached hydrogen (secondary N) is 1. The van der Waals surface area contributed by atoms with Gasteiger partial charge in [0.1, 0.15) is 16.7 Å². The maximum atomic E-state index is 12.6. The summed E-state index contributed by atoms with van der Waals surface area (Å²) in [4.78, 5) is 2.40. The Bertz CT molecular complexity index is 983. The normalized spacial score (nSPS) is 12.9. The van der Waals surface area contributed by atoms with E-state index in [1.165, 1.54) is 41.9 Å². The van der Waals surface area contributed by atoms with Crippen LogP contribution in [0.3, 0.4) is 0 Å². The quantitative estimate of drug-likeness (QED) is 0.594. The number of thiophene rings is 2. The van der Waals surface area contributed by atoms with E-state index < -0.39 is 16.1 Å². The van der Waals surface area contributed by atoms with E-state index in [-0.39, 0.29) is 17.2 Å². The van der Waals surface area contributed by atoms with Gasteiger partial charge in [-0.05, 0) is 41.8 Å². The largest absolute Gasteiger partial charge is 0.495 e. The van der Waals surface area contributed by atoms with Gasteiger partial charge in [-0.3, -0.25) is 0 Å². The van der Waals surface area contributed by atoms with Crippen LogP contribution in [0.4, 0.5) is 0 Å². The van der Waals surface area contributed by atoms with Gasteiger partial charge in [0.2, 0.25) is 10.0 Å². The molecule has 3 rings (SSSR count). The summed E-state index contributed by atoms with van der Waals surface area (Å²) in [6.45, 7) is 0.111. The highest BCUT2D eigenvalue weighted by Crippen LogP contribution is 2.31. The molecule has 1 aromatic carbocycles. The van der Waals surface area contributed by atoms with Gasteiger partial charge in [-0.1, -0.05) is 17.7 Å². The summed E-state index contributed by atoms with van der Waals surface area (Å²) in [6, 6.07) is 11.8. The highest BCUT2D eigenvalue weighted by atomic mass is 35.5. The van der Waals surface area contributed by atoms with Crippen LogP contribution in [0.15, 0.2) is 52.7 Å². The van der Waals surface area contributed by atoms with Crippen molar-refractivity contribution in [2.75, 3.05) is 7.11 Å². The Morgan fingerprint density at radius 2 is 2.04 bits per heavy atom. The van der Waals surface area contributed by atoms with E-state index in [0.29, 0.717) is 5.02 Å². The van der Waals surface area contributed by atoms with Gasteiger partial charge in [0.25, 0.3) is 0 Å². The third-order valence-corrected chi connectivity index (χ3v) is 7.34. The zero-order valence-corrected chi connectivity index (χ0v) is 16.9. The number of rotatable bonds is 7. The van der Waals surface area contributed by atoms with E-state index in [1.807, 2.05) is 17.5 Å². The van der Waals surface area contributed by atoms with Gasteiger partial charge in [0.05, 0.1) is 7.11 Å². The fourth-order valence-corrected chi connectivity index (χ4v) is 5.62. The van der Waals surface area contributed by atoms with Crippen LogP contribution >= 0.6 is 34.3 Å². The van der Waals surface area contributed by atoms with Crippen molar-refractivity contribution in [2.45, 2.75) is 17.5 Å². The van der Waals surface area contributed by atoms with E-state index in [4.69, 9.17) is 16.3 Å². The molecule has 1 atom stereocenters. The van der Waals surface area contributed by atoms with Crippen LogP contribution in [0, 0.1) is 0 Å². The maximum absolute atomic E-state index is 12.6. The summed E-state index contributed by atoms with van der Waals surface area (Å²) in [7, 11) is -2.39. The van der Waals surface area contributed by atoms with Gasteiger partial charge >= 0.3 is 0 Å². The monoisotopic (exact) mass is 429 g/mol. The first-order valence-electron chi connectivity index (χ1n) is 7.54. The Morgan fingerprint density at radius 3 is 2.73 bits per heavy atom. The summed E-state index contributed by atoms with van der Waals surface area (Å²) in [5.74, 6) is 0.224. The average molecular weight is 430 g/mol. The standard InChI is InChI=1S/C17H16ClNO4S3/c1-23-13-6-4-11(18)9-16(13)26(21,22)19-10-12-5-7-15(25-12)17(20)14-3-2-8-24-14/h2-9,17,19-20H,10H2,1H3/t17-/m0/s1. The van der Waals surface area contributed by atoms with Gasteiger partial charge in [0, 0.05) is 26.2 Å². The minimum atomic E-state index is -3.79. The Balaban J connectivity index is 1.74. The molecular formula is C17H16ClNO4S3. The molecule has 0 unspecified atom stereocenters. The number of aliphatic hydroxyl groups is 1. The molecule has 0 radical (unpaired) electrons. The summed E-state index contributed by atoms with van der Waals surface area (Å²) in [5, 5.41) is 12.6. The van der Waals surface area contributed by atoms with E-state index in [1.54, 1.807) is 18.2 Å². The van der Waals surface area contributed by atoms with Crippen molar-refractivity contribution in [2.24, 2.45) is 0 Å². The van der Waals surface area contributed by atoms with E-state index in [0.717, 1.165) is 14.6 Å². The Kier molecular flexibility index (Phi) is 6.01. The van der Waals surface area contributed by atoms with Crippen LogP contribution in [0.1, 0.15) is 20.7 Å². The van der Waals surface area contributed by atoms with Crippen LogP contribution < -0.4 is 9.46 Å². The zero-order chi connectivity index (χ0) is 18.7. The van der Waals surface area contributed by atoms with Crippen LogP contribution in [0.25, 0.3) is 0 Å². The summed E-state index contributed by atoms with van der Waals surface area (Å²) in [5.41, 5.74) is 0. The van der Waals surface area contributed by atoms with Crippen molar-refractivity contribution in [3.8, 4) is 5.75 Å². The van der Waals surface area contributed by atoms with Crippen LogP contribution in [0.2, 0.25) is 5.02 Å². The molecule has 0 aliphatic carbocycles. The van der Waals surface area contributed by atoms with Crippen molar-refractivity contribution in [1.29, 1.82) is 0 Å². The summed E-state index contributed by atoms with van der Waals surface area (Å²) >= 11 is 8.75. The SMILES string of the molecule is COc1ccc(Cl)cc1S(=O)(=O)NCc1ccc([C@@H](O)c2cccs2)s1. The molecule has 2 heterocycles. The average Bonchev–Trinajstić information content (AvgIpc) is 3.31. The molecule has 9 heteroatoms. The third kappa shape index (κ3) is 4.28. The highest BCUT2D eigenvalue weighted by Gasteiger charge is 2.21. The molecule has 2 aromatic heterocycles. The number of sulfonamides is 1. The summed E-state index contributed by atoms with van der Waals surface area (Å²) in [6.07, 6.45) is -0.696. The Labute approximate surface area is 164 Å². The molecule has 26 heavy (non-hydrogen) atoms.